The fourth-order valence-corrected chi connectivity index (χ4v) is 4.31. The summed E-state index contributed by atoms with van der Waals surface area (Å²) in [6, 6.07) is 8.82. The maximum absolute atomic E-state index is 12.8. The molecule has 1 atom stereocenters. The highest BCUT2D eigenvalue weighted by Gasteiger charge is 2.45. The molecule has 0 bridgehead atoms. The summed E-state index contributed by atoms with van der Waals surface area (Å²) in [6.07, 6.45) is 5.92. The van der Waals surface area contributed by atoms with Crippen molar-refractivity contribution in [2.45, 2.75) is 57.0 Å². The lowest BCUT2D eigenvalue weighted by atomic mass is 9.83. The van der Waals surface area contributed by atoms with Gasteiger partial charge in [0.1, 0.15) is 0 Å². The molecule has 1 fully saturated rings. The molecule has 3 nitrogen and oxygen atoms in total. The van der Waals surface area contributed by atoms with Crippen LogP contribution in [0.1, 0.15) is 56.1 Å². The molecule has 3 heteroatoms. The van der Waals surface area contributed by atoms with Gasteiger partial charge in [0.05, 0.1) is 0 Å². The molecule has 1 spiro atoms. The second-order valence-corrected chi connectivity index (χ2v) is 7.00. The first kappa shape index (κ1) is 14.4. The molecule has 1 aliphatic carbocycles. The lowest BCUT2D eigenvalue weighted by Crippen LogP contribution is -2.52. The fourth-order valence-electron chi connectivity index (χ4n) is 4.31. The van der Waals surface area contributed by atoms with Crippen LogP contribution in [0, 0.1) is 0 Å². The Morgan fingerprint density at radius 2 is 1.90 bits per heavy atom. The Morgan fingerprint density at radius 1 is 1.24 bits per heavy atom. The zero-order chi connectivity index (χ0) is 15.0. The summed E-state index contributed by atoms with van der Waals surface area (Å²) in [5.41, 5.74) is 2.82. The van der Waals surface area contributed by atoms with Gasteiger partial charge in [-0.3, -0.25) is 0 Å². The quantitative estimate of drug-likeness (QED) is 0.707. The highest BCUT2D eigenvalue weighted by Crippen LogP contribution is 2.46. The molecular weight excluding hydrogens is 260 g/mol. The fraction of sp³-hybridized carbons (Fsp3) is 0.611. The summed E-state index contributed by atoms with van der Waals surface area (Å²) in [4.78, 5) is 16.7. The zero-order valence-electron chi connectivity index (χ0n) is 13.4. The van der Waals surface area contributed by atoms with Crippen LogP contribution in [0.15, 0.2) is 24.3 Å². The topological polar surface area (TPSA) is 23.6 Å². The van der Waals surface area contributed by atoms with E-state index in [0.717, 1.165) is 25.8 Å². The van der Waals surface area contributed by atoms with Gasteiger partial charge in [-0.25, -0.2) is 4.79 Å². The molecule has 1 saturated carbocycles. The molecule has 2 aliphatic rings. The van der Waals surface area contributed by atoms with Crippen LogP contribution in [0.2, 0.25) is 0 Å². The second kappa shape index (κ2) is 5.36. The Kier molecular flexibility index (Phi) is 3.68. The lowest BCUT2D eigenvalue weighted by molar-refractivity contribution is 0.0847. The third-order valence-corrected chi connectivity index (χ3v) is 5.32. The van der Waals surface area contributed by atoms with E-state index in [1.54, 1.807) is 4.90 Å². The third-order valence-electron chi connectivity index (χ3n) is 5.32. The van der Waals surface area contributed by atoms with E-state index in [1.807, 2.05) is 14.1 Å². The van der Waals surface area contributed by atoms with Crippen LogP contribution in [0.5, 0.6) is 0 Å². The van der Waals surface area contributed by atoms with Crippen LogP contribution < -0.4 is 0 Å². The summed E-state index contributed by atoms with van der Waals surface area (Å²) in [7, 11) is 3.73. The number of amides is 2. The first-order valence-corrected chi connectivity index (χ1v) is 8.10. The number of hydrogen-bond acceptors (Lipinski definition) is 1. The first-order valence-electron chi connectivity index (χ1n) is 8.10. The van der Waals surface area contributed by atoms with Crippen molar-refractivity contribution >= 4 is 6.03 Å². The van der Waals surface area contributed by atoms with E-state index in [0.29, 0.717) is 5.92 Å². The number of urea groups is 1. The second-order valence-electron chi connectivity index (χ2n) is 7.00. The molecular formula is C18H26N2O. The molecule has 0 saturated heterocycles. The monoisotopic (exact) mass is 286 g/mol. The van der Waals surface area contributed by atoms with Gasteiger partial charge in [0.15, 0.2) is 0 Å². The molecule has 21 heavy (non-hydrogen) atoms. The molecule has 3 rings (SSSR count). The number of hydrogen-bond donors (Lipinski definition) is 0. The van der Waals surface area contributed by atoms with Gasteiger partial charge in [-0.1, -0.05) is 44.0 Å². The number of carbonyl (C=O) groups is 1. The summed E-state index contributed by atoms with van der Waals surface area (Å²) in [6.45, 7) is 3.08. The summed E-state index contributed by atoms with van der Waals surface area (Å²) in [5.74, 6) is 0.527. The van der Waals surface area contributed by atoms with Crippen LogP contribution in [-0.4, -0.2) is 35.5 Å². The van der Waals surface area contributed by atoms with Gasteiger partial charge in [-0.15, -0.1) is 0 Å². The zero-order valence-corrected chi connectivity index (χ0v) is 13.4. The highest BCUT2D eigenvalue weighted by atomic mass is 16.2. The van der Waals surface area contributed by atoms with Crippen molar-refractivity contribution in [2.75, 3.05) is 14.1 Å². The van der Waals surface area contributed by atoms with Gasteiger partial charge >= 0.3 is 6.03 Å². The van der Waals surface area contributed by atoms with Crippen LogP contribution in [0.4, 0.5) is 4.79 Å². The van der Waals surface area contributed by atoms with Gasteiger partial charge < -0.3 is 9.80 Å². The predicted molar refractivity (Wildman–Crippen MR) is 85.3 cm³/mol. The molecule has 0 aromatic heterocycles. The minimum atomic E-state index is 0.0692. The van der Waals surface area contributed by atoms with Gasteiger partial charge in [0.2, 0.25) is 0 Å². The van der Waals surface area contributed by atoms with Crippen LogP contribution in [-0.2, 0) is 6.54 Å². The van der Waals surface area contributed by atoms with E-state index < -0.39 is 0 Å². The van der Waals surface area contributed by atoms with E-state index >= 15 is 0 Å². The number of rotatable bonds is 0. The number of nitrogens with zero attached hydrogens (tertiary/aromatic N) is 2. The first-order chi connectivity index (χ1) is 10.0. The molecule has 1 heterocycles. The highest BCUT2D eigenvalue weighted by molar-refractivity contribution is 5.75. The van der Waals surface area contributed by atoms with Gasteiger partial charge in [0, 0.05) is 26.2 Å². The molecule has 1 aliphatic heterocycles. The van der Waals surface area contributed by atoms with Crippen LogP contribution >= 0.6 is 0 Å². The Morgan fingerprint density at radius 3 is 2.57 bits per heavy atom. The van der Waals surface area contributed by atoms with Crippen molar-refractivity contribution < 1.29 is 4.79 Å². The number of fused-ring (bicyclic) bond motifs is 1. The number of benzene rings is 1. The minimum absolute atomic E-state index is 0.0692. The standard InChI is InChI=1S/C18H26N2O/c1-14-12-18(10-6-7-11-18)20(17(21)19(2)3)13-15-8-4-5-9-16(14)15/h4-5,8-9,14H,6-7,10-13H2,1-3H3. The molecule has 0 radical (unpaired) electrons. The van der Waals surface area contributed by atoms with Crippen molar-refractivity contribution in [3.8, 4) is 0 Å². The van der Waals surface area contributed by atoms with Crippen molar-refractivity contribution in [3.63, 3.8) is 0 Å². The molecule has 1 aromatic carbocycles. The smallest absolute Gasteiger partial charge is 0.320 e. The molecule has 0 N–H and O–H groups in total. The molecule has 1 unspecified atom stereocenters. The Balaban J connectivity index is 2.04. The maximum Gasteiger partial charge on any atom is 0.320 e. The summed E-state index contributed by atoms with van der Waals surface area (Å²) in [5, 5.41) is 0. The Labute approximate surface area is 127 Å². The van der Waals surface area contributed by atoms with E-state index in [1.165, 1.54) is 24.0 Å². The van der Waals surface area contributed by atoms with Gasteiger partial charge in [-0.05, 0) is 36.3 Å². The number of carbonyl (C=O) groups excluding carboxylic acids is 1. The van der Waals surface area contributed by atoms with E-state index in [9.17, 15) is 4.79 Å². The average Bonchev–Trinajstić information content (AvgIpc) is 2.88. The molecule has 1 aromatic rings. The van der Waals surface area contributed by atoms with Crippen LogP contribution in [0.3, 0.4) is 0 Å². The minimum Gasteiger partial charge on any atom is -0.331 e. The Bertz CT molecular complexity index is 532. The molecule has 114 valence electrons. The van der Waals surface area contributed by atoms with E-state index in [4.69, 9.17) is 0 Å². The van der Waals surface area contributed by atoms with E-state index in [-0.39, 0.29) is 11.6 Å². The normalized spacial score (nSPS) is 23.8. The maximum atomic E-state index is 12.8. The van der Waals surface area contributed by atoms with Gasteiger partial charge in [0.25, 0.3) is 0 Å². The lowest BCUT2D eigenvalue weighted by Gasteiger charge is -2.42. The Hall–Kier alpha value is -1.51. The van der Waals surface area contributed by atoms with Gasteiger partial charge in [-0.2, -0.15) is 0 Å². The van der Waals surface area contributed by atoms with Crippen molar-refractivity contribution in [3.05, 3.63) is 35.4 Å². The average molecular weight is 286 g/mol. The summed E-state index contributed by atoms with van der Waals surface area (Å²) < 4.78 is 0. The largest absolute Gasteiger partial charge is 0.331 e. The van der Waals surface area contributed by atoms with Crippen molar-refractivity contribution in [1.82, 2.24) is 9.80 Å². The van der Waals surface area contributed by atoms with Crippen LogP contribution in [0.25, 0.3) is 0 Å². The predicted octanol–water partition coefficient (Wildman–Crippen LogP) is 3.99. The van der Waals surface area contributed by atoms with Crippen molar-refractivity contribution in [2.24, 2.45) is 0 Å². The third kappa shape index (κ3) is 2.43. The van der Waals surface area contributed by atoms with Crippen molar-refractivity contribution in [1.29, 1.82) is 0 Å². The van der Waals surface area contributed by atoms with E-state index in [2.05, 4.69) is 36.1 Å². The summed E-state index contributed by atoms with van der Waals surface area (Å²) >= 11 is 0. The SMILES string of the molecule is CC1CC2(CCCC2)N(C(=O)N(C)C)Cc2ccccc21. The molecule has 2 amide bonds.